The fourth-order valence-electron chi connectivity index (χ4n) is 4.05. The van der Waals surface area contributed by atoms with Crippen LogP contribution in [0.1, 0.15) is 36.5 Å². The zero-order valence-electron chi connectivity index (χ0n) is 19.1. The summed E-state index contributed by atoms with van der Waals surface area (Å²) >= 11 is 0. The van der Waals surface area contributed by atoms with Crippen molar-refractivity contribution < 1.29 is 26.7 Å². The number of aromatic nitrogens is 1. The zero-order valence-corrected chi connectivity index (χ0v) is 19.1. The number of pyridine rings is 1. The van der Waals surface area contributed by atoms with E-state index in [9.17, 15) is 17.6 Å². The summed E-state index contributed by atoms with van der Waals surface area (Å²) in [6.07, 6.45) is 5.40. The molecule has 182 valence electrons. The molecule has 4 rings (SSSR count). The number of hydrogen-bond acceptors (Lipinski definition) is 2. The van der Waals surface area contributed by atoms with Crippen molar-refractivity contribution in [1.29, 1.82) is 0 Å². The molecule has 0 aliphatic heterocycles. The molecule has 0 bridgehead atoms. The average Bonchev–Trinajstić information content (AvgIpc) is 2.84. The Balaban J connectivity index is 1.51. The smallest absolute Gasteiger partial charge is 0.387 e. The second kappa shape index (κ2) is 10.8. The van der Waals surface area contributed by atoms with Crippen LogP contribution in [0.2, 0.25) is 0 Å². The molecule has 3 aromatic carbocycles. The summed E-state index contributed by atoms with van der Waals surface area (Å²) in [5.41, 5.74) is 3.47. The van der Waals surface area contributed by atoms with Crippen molar-refractivity contribution in [2.24, 2.45) is 0 Å². The van der Waals surface area contributed by atoms with Crippen LogP contribution in [0.15, 0.2) is 60.8 Å². The first-order valence-corrected chi connectivity index (χ1v) is 11.4. The fourth-order valence-corrected chi connectivity index (χ4v) is 4.05. The van der Waals surface area contributed by atoms with E-state index in [1.807, 2.05) is 24.4 Å². The fraction of sp³-hybridized carbons (Fsp3) is 0.250. The SMILES string of the molecule is CCCCc1ccc(-c2ccc3c(F)c(CCc4cc(F)c(OC(F)F)c(F)c4)ccc3c2)nc1. The van der Waals surface area contributed by atoms with E-state index in [1.54, 1.807) is 18.2 Å². The summed E-state index contributed by atoms with van der Waals surface area (Å²) < 4.78 is 71.6. The van der Waals surface area contributed by atoms with E-state index in [1.165, 1.54) is 5.56 Å². The van der Waals surface area contributed by atoms with Crippen LogP contribution in [-0.2, 0) is 19.3 Å². The molecule has 4 aromatic rings. The van der Waals surface area contributed by atoms with Crippen LogP contribution in [0.4, 0.5) is 22.0 Å². The zero-order chi connectivity index (χ0) is 24.9. The predicted octanol–water partition coefficient (Wildman–Crippen LogP) is 8.05. The van der Waals surface area contributed by atoms with Gasteiger partial charge in [0.15, 0.2) is 17.4 Å². The van der Waals surface area contributed by atoms with Gasteiger partial charge in [-0.05, 0) is 72.0 Å². The highest BCUT2D eigenvalue weighted by atomic mass is 19.3. The number of rotatable bonds is 9. The lowest BCUT2D eigenvalue weighted by atomic mass is 9.98. The van der Waals surface area contributed by atoms with Gasteiger partial charge in [0.25, 0.3) is 0 Å². The minimum Gasteiger partial charge on any atom is -0.429 e. The van der Waals surface area contributed by atoms with Gasteiger partial charge in [-0.25, -0.2) is 13.2 Å². The Hall–Kier alpha value is -3.48. The second-order valence-corrected chi connectivity index (χ2v) is 8.40. The first-order valence-electron chi connectivity index (χ1n) is 11.4. The number of fused-ring (bicyclic) bond motifs is 1. The Morgan fingerprint density at radius 1 is 0.829 bits per heavy atom. The minimum absolute atomic E-state index is 0.123. The molecule has 0 aliphatic rings. The summed E-state index contributed by atoms with van der Waals surface area (Å²) in [5.74, 6) is -3.98. The van der Waals surface area contributed by atoms with Crippen molar-refractivity contribution in [1.82, 2.24) is 4.98 Å². The minimum atomic E-state index is -3.34. The molecule has 2 nitrogen and oxygen atoms in total. The summed E-state index contributed by atoms with van der Waals surface area (Å²) in [4.78, 5) is 4.54. The highest BCUT2D eigenvalue weighted by Crippen LogP contribution is 2.29. The molecule has 1 heterocycles. The molecule has 35 heavy (non-hydrogen) atoms. The van der Waals surface area contributed by atoms with Crippen LogP contribution in [0.5, 0.6) is 5.75 Å². The Kier molecular flexibility index (Phi) is 7.63. The lowest BCUT2D eigenvalue weighted by Gasteiger charge is -2.11. The molecule has 0 aliphatic carbocycles. The maximum atomic E-state index is 15.2. The van der Waals surface area contributed by atoms with Crippen LogP contribution in [0, 0.1) is 17.5 Å². The van der Waals surface area contributed by atoms with Gasteiger partial charge in [0.05, 0.1) is 5.69 Å². The van der Waals surface area contributed by atoms with Gasteiger partial charge >= 0.3 is 6.61 Å². The van der Waals surface area contributed by atoms with E-state index >= 15 is 4.39 Å². The normalized spacial score (nSPS) is 11.4. The van der Waals surface area contributed by atoms with E-state index in [0.717, 1.165) is 42.7 Å². The number of hydrogen-bond donors (Lipinski definition) is 0. The van der Waals surface area contributed by atoms with Gasteiger partial charge in [-0.15, -0.1) is 0 Å². The maximum absolute atomic E-state index is 15.2. The van der Waals surface area contributed by atoms with Gasteiger partial charge in [0.2, 0.25) is 0 Å². The van der Waals surface area contributed by atoms with E-state index < -0.39 is 29.8 Å². The van der Waals surface area contributed by atoms with Crippen LogP contribution in [0.3, 0.4) is 0 Å². The number of nitrogens with zero attached hydrogens (tertiary/aromatic N) is 1. The molecular formula is C28H24F5NO. The molecule has 0 unspecified atom stereocenters. The van der Waals surface area contributed by atoms with E-state index in [2.05, 4.69) is 22.7 Å². The van der Waals surface area contributed by atoms with Gasteiger partial charge in [0.1, 0.15) is 5.82 Å². The Labute approximate surface area is 200 Å². The second-order valence-electron chi connectivity index (χ2n) is 8.40. The molecule has 0 amide bonds. The summed E-state index contributed by atoms with van der Waals surface area (Å²) in [6.45, 7) is -1.19. The topological polar surface area (TPSA) is 22.1 Å². The first kappa shape index (κ1) is 24.6. The third kappa shape index (κ3) is 5.78. The van der Waals surface area contributed by atoms with E-state index in [-0.39, 0.29) is 18.4 Å². The Morgan fingerprint density at radius 2 is 1.60 bits per heavy atom. The molecule has 0 atom stereocenters. The third-order valence-corrected chi connectivity index (χ3v) is 5.92. The van der Waals surface area contributed by atoms with Crippen molar-refractivity contribution in [3.05, 3.63) is 94.9 Å². The number of aryl methyl sites for hydroxylation is 3. The number of benzene rings is 3. The van der Waals surface area contributed by atoms with Crippen molar-refractivity contribution in [2.75, 3.05) is 0 Å². The molecule has 0 fully saturated rings. The highest BCUT2D eigenvalue weighted by Gasteiger charge is 2.17. The molecule has 0 N–H and O–H groups in total. The van der Waals surface area contributed by atoms with Crippen molar-refractivity contribution in [3.8, 4) is 17.0 Å². The largest absolute Gasteiger partial charge is 0.429 e. The third-order valence-electron chi connectivity index (χ3n) is 5.92. The number of alkyl halides is 2. The van der Waals surface area contributed by atoms with Gasteiger partial charge in [-0.2, -0.15) is 8.78 Å². The summed E-state index contributed by atoms with van der Waals surface area (Å²) in [5, 5.41) is 1.15. The van der Waals surface area contributed by atoms with Crippen molar-refractivity contribution in [2.45, 2.75) is 45.6 Å². The van der Waals surface area contributed by atoms with Gasteiger partial charge in [-0.3, -0.25) is 4.98 Å². The number of ether oxygens (including phenoxy) is 1. The van der Waals surface area contributed by atoms with Crippen LogP contribution in [0.25, 0.3) is 22.0 Å². The monoisotopic (exact) mass is 485 g/mol. The molecule has 1 aromatic heterocycles. The summed E-state index contributed by atoms with van der Waals surface area (Å²) in [7, 11) is 0. The maximum Gasteiger partial charge on any atom is 0.387 e. The number of unbranched alkanes of at least 4 members (excludes halogenated alkanes) is 1. The molecule has 0 radical (unpaired) electrons. The van der Waals surface area contributed by atoms with E-state index in [4.69, 9.17) is 0 Å². The summed E-state index contributed by atoms with van der Waals surface area (Å²) in [6, 6.07) is 14.7. The Bertz CT molecular complexity index is 1300. The highest BCUT2D eigenvalue weighted by molar-refractivity contribution is 5.88. The Morgan fingerprint density at radius 3 is 2.26 bits per heavy atom. The number of halogens is 5. The van der Waals surface area contributed by atoms with Crippen molar-refractivity contribution >= 4 is 10.8 Å². The molecular weight excluding hydrogens is 461 g/mol. The van der Waals surface area contributed by atoms with Gasteiger partial charge < -0.3 is 4.74 Å². The van der Waals surface area contributed by atoms with Crippen LogP contribution >= 0.6 is 0 Å². The standard InChI is InChI=1S/C28H24F5NO/c1-2-3-4-17-6-12-25(34-16-17)21-10-11-22-20(15-21)9-8-19(26(22)31)7-5-18-13-23(29)27(24(30)14-18)35-28(32)33/h6,8-16,28H,2-5,7H2,1H3. The van der Waals surface area contributed by atoms with Gasteiger partial charge in [0, 0.05) is 17.1 Å². The van der Waals surface area contributed by atoms with Crippen molar-refractivity contribution in [3.63, 3.8) is 0 Å². The van der Waals surface area contributed by atoms with E-state index in [0.29, 0.717) is 16.3 Å². The predicted molar refractivity (Wildman–Crippen MR) is 126 cm³/mol. The molecule has 0 saturated carbocycles. The molecule has 7 heteroatoms. The lowest BCUT2D eigenvalue weighted by Crippen LogP contribution is -2.06. The molecule has 0 spiro atoms. The molecule has 0 saturated heterocycles. The lowest BCUT2D eigenvalue weighted by molar-refractivity contribution is -0.0546. The van der Waals surface area contributed by atoms with Crippen LogP contribution in [-0.4, -0.2) is 11.6 Å². The first-order chi connectivity index (χ1) is 16.9. The quantitative estimate of drug-likeness (QED) is 0.224. The van der Waals surface area contributed by atoms with Crippen LogP contribution < -0.4 is 4.74 Å². The van der Waals surface area contributed by atoms with Gasteiger partial charge in [-0.1, -0.05) is 43.7 Å². The average molecular weight is 485 g/mol.